The summed E-state index contributed by atoms with van der Waals surface area (Å²) in [5.41, 5.74) is 10.6. The minimum Gasteiger partial charge on any atom is -0.297 e. The highest BCUT2D eigenvalue weighted by atomic mass is 16.1. The number of hydrogen-bond acceptors (Lipinski definition) is 8. The van der Waals surface area contributed by atoms with E-state index in [1.165, 1.54) is 12.1 Å². The Hall–Kier alpha value is -3.43. The fourth-order valence-electron chi connectivity index (χ4n) is 2.16. The predicted octanol–water partition coefficient (Wildman–Crippen LogP) is 1.17. The van der Waals surface area contributed by atoms with Crippen LogP contribution in [0, 0.1) is 13.8 Å². The normalized spacial score (nSPS) is 12.0. The van der Waals surface area contributed by atoms with E-state index in [-0.39, 0.29) is 17.1 Å². The Kier molecular flexibility index (Phi) is 6.25. The molecule has 5 N–H and O–H groups in total. The molecule has 2 heterocycles. The topological polar surface area (TPSA) is 140 Å². The first-order valence-electron chi connectivity index (χ1n) is 8.08. The van der Waals surface area contributed by atoms with Gasteiger partial charge in [0.2, 0.25) is 11.9 Å². The van der Waals surface area contributed by atoms with Crippen LogP contribution in [0.25, 0.3) is 0 Å². The molecule has 0 fully saturated rings. The Morgan fingerprint density at radius 1 is 1.12 bits per heavy atom. The average Bonchev–Trinajstić information content (AvgIpc) is 2.56. The van der Waals surface area contributed by atoms with Crippen molar-refractivity contribution in [3.63, 3.8) is 0 Å². The molecule has 0 atom stereocenters. The molecule has 26 heavy (non-hydrogen) atoms. The molecule has 0 saturated heterocycles. The zero-order valence-corrected chi connectivity index (χ0v) is 15.1. The van der Waals surface area contributed by atoms with Crippen molar-refractivity contribution in [1.29, 1.82) is 0 Å². The highest BCUT2D eigenvalue weighted by Crippen LogP contribution is 2.03. The molecule has 10 nitrogen and oxygen atoms in total. The SMILES string of the molecule is CC=C(NNc1nc(C)cc(=O)[nH]1)C(CC)=NNc1nc(C)cc(=O)[nH]1. The molecule has 0 aromatic carbocycles. The van der Waals surface area contributed by atoms with Crippen LogP contribution < -0.4 is 27.4 Å². The van der Waals surface area contributed by atoms with Gasteiger partial charge in [-0.2, -0.15) is 5.10 Å². The van der Waals surface area contributed by atoms with Gasteiger partial charge in [-0.05, 0) is 27.2 Å². The van der Waals surface area contributed by atoms with Crippen molar-refractivity contribution >= 4 is 17.6 Å². The number of rotatable bonds is 7. The van der Waals surface area contributed by atoms with Crippen LogP contribution in [0.1, 0.15) is 31.7 Å². The van der Waals surface area contributed by atoms with Gasteiger partial charge in [-0.25, -0.2) is 15.4 Å². The lowest BCUT2D eigenvalue weighted by molar-refractivity contribution is 0.930. The Morgan fingerprint density at radius 3 is 2.23 bits per heavy atom. The smallest absolute Gasteiger partial charge is 0.252 e. The largest absolute Gasteiger partial charge is 0.297 e. The third-order valence-corrected chi connectivity index (χ3v) is 3.29. The van der Waals surface area contributed by atoms with Gasteiger partial charge in [-0.1, -0.05) is 13.0 Å². The van der Waals surface area contributed by atoms with Crippen LogP contribution in [0.2, 0.25) is 0 Å². The molecular formula is C16H22N8O2. The number of aromatic amines is 2. The number of H-pyrrole nitrogens is 2. The Balaban J connectivity index is 2.12. The van der Waals surface area contributed by atoms with Crippen molar-refractivity contribution in [2.24, 2.45) is 5.10 Å². The number of hydrazine groups is 1. The number of anilines is 2. The lowest BCUT2D eigenvalue weighted by Gasteiger charge is -2.14. The van der Waals surface area contributed by atoms with E-state index in [2.05, 4.69) is 41.3 Å². The number of hydrogen-bond donors (Lipinski definition) is 5. The Labute approximate surface area is 149 Å². The Morgan fingerprint density at radius 2 is 1.69 bits per heavy atom. The fraction of sp³-hybridized carbons (Fsp3) is 0.312. The number of nitrogens with zero attached hydrogens (tertiary/aromatic N) is 3. The van der Waals surface area contributed by atoms with Crippen LogP contribution in [0.15, 0.2) is 38.6 Å². The summed E-state index contributed by atoms with van der Waals surface area (Å²) in [6, 6.07) is 2.80. The second kappa shape index (κ2) is 8.60. The zero-order chi connectivity index (χ0) is 19.1. The van der Waals surface area contributed by atoms with E-state index < -0.39 is 0 Å². The molecule has 0 bridgehead atoms. The summed E-state index contributed by atoms with van der Waals surface area (Å²) in [6.45, 7) is 7.23. The second-order valence-electron chi connectivity index (χ2n) is 5.45. The first kappa shape index (κ1) is 18.9. The maximum absolute atomic E-state index is 11.5. The van der Waals surface area contributed by atoms with E-state index in [9.17, 15) is 9.59 Å². The lowest BCUT2D eigenvalue weighted by Crippen LogP contribution is -2.29. The number of allylic oxidation sites excluding steroid dienone is 2. The molecule has 2 rings (SSSR count). The van der Waals surface area contributed by atoms with E-state index in [1.54, 1.807) is 13.8 Å². The van der Waals surface area contributed by atoms with E-state index in [4.69, 9.17) is 0 Å². The number of hydrazone groups is 1. The van der Waals surface area contributed by atoms with Crippen molar-refractivity contribution in [2.75, 3.05) is 10.9 Å². The molecule has 0 aliphatic carbocycles. The maximum atomic E-state index is 11.5. The van der Waals surface area contributed by atoms with Gasteiger partial charge < -0.3 is 0 Å². The highest BCUT2D eigenvalue weighted by molar-refractivity contribution is 5.99. The van der Waals surface area contributed by atoms with Crippen LogP contribution in [0.4, 0.5) is 11.9 Å². The Bertz CT molecular complexity index is 942. The number of aromatic nitrogens is 4. The lowest BCUT2D eigenvalue weighted by atomic mass is 10.2. The van der Waals surface area contributed by atoms with Crippen molar-refractivity contribution in [2.45, 2.75) is 34.1 Å². The van der Waals surface area contributed by atoms with E-state index in [0.717, 1.165) is 0 Å². The van der Waals surface area contributed by atoms with E-state index >= 15 is 0 Å². The summed E-state index contributed by atoms with van der Waals surface area (Å²) in [6.07, 6.45) is 2.42. The molecule has 0 spiro atoms. The third-order valence-electron chi connectivity index (χ3n) is 3.29. The van der Waals surface area contributed by atoms with Gasteiger partial charge in [0.15, 0.2) is 0 Å². The van der Waals surface area contributed by atoms with Gasteiger partial charge in [-0.3, -0.25) is 30.4 Å². The quantitative estimate of drug-likeness (QED) is 0.370. The maximum Gasteiger partial charge on any atom is 0.252 e. The van der Waals surface area contributed by atoms with Crippen molar-refractivity contribution < 1.29 is 0 Å². The van der Waals surface area contributed by atoms with Crippen molar-refractivity contribution in [1.82, 2.24) is 25.4 Å². The van der Waals surface area contributed by atoms with Gasteiger partial charge in [0.05, 0.1) is 11.4 Å². The second-order valence-corrected chi connectivity index (χ2v) is 5.45. The molecule has 0 unspecified atom stereocenters. The average molecular weight is 358 g/mol. The van der Waals surface area contributed by atoms with Crippen molar-refractivity contribution in [3.8, 4) is 0 Å². The monoisotopic (exact) mass is 358 g/mol. The summed E-state index contributed by atoms with van der Waals surface area (Å²) in [4.78, 5) is 36.4. The molecule has 0 radical (unpaired) electrons. The van der Waals surface area contributed by atoms with Crippen LogP contribution in [0.3, 0.4) is 0 Å². The number of nitrogens with one attached hydrogen (secondary N) is 5. The summed E-state index contributed by atoms with van der Waals surface area (Å²) in [7, 11) is 0. The summed E-state index contributed by atoms with van der Waals surface area (Å²) in [5.74, 6) is 0.552. The molecule has 0 amide bonds. The molecule has 2 aromatic heterocycles. The fourth-order valence-corrected chi connectivity index (χ4v) is 2.16. The molecule has 10 heteroatoms. The summed E-state index contributed by atoms with van der Waals surface area (Å²) in [5, 5.41) is 4.28. The molecule has 0 aliphatic rings. The van der Waals surface area contributed by atoms with Crippen LogP contribution in [-0.2, 0) is 0 Å². The van der Waals surface area contributed by atoms with Gasteiger partial charge in [0, 0.05) is 23.5 Å². The molecule has 0 aliphatic heterocycles. The van der Waals surface area contributed by atoms with Crippen LogP contribution in [-0.4, -0.2) is 25.6 Å². The first-order chi connectivity index (χ1) is 12.4. The van der Waals surface area contributed by atoms with Gasteiger partial charge >= 0.3 is 0 Å². The standard InChI is InChI=1S/C16H22N8O2/c1-5-11(21-23-15-17-9(3)7-13(25)19-15)12(6-2)22-24-16-18-10(4)8-14(26)20-16/h5,7-8,21H,6H2,1-4H3,(H2,17,19,23,25)(H2,18,20,24,26). The highest BCUT2D eigenvalue weighted by Gasteiger charge is 2.06. The molecule has 0 saturated carbocycles. The molecule has 138 valence electrons. The zero-order valence-electron chi connectivity index (χ0n) is 15.1. The number of aryl methyl sites for hydroxylation is 2. The predicted molar refractivity (Wildman–Crippen MR) is 101 cm³/mol. The minimum atomic E-state index is -0.256. The van der Waals surface area contributed by atoms with Crippen molar-refractivity contribution in [3.05, 3.63) is 56.0 Å². The molecule has 2 aromatic rings. The van der Waals surface area contributed by atoms with E-state index in [1.807, 2.05) is 19.9 Å². The minimum absolute atomic E-state index is 0.246. The van der Waals surface area contributed by atoms with E-state index in [0.29, 0.717) is 35.2 Å². The van der Waals surface area contributed by atoms with Crippen LogP contribution in [0.5, 0.6) is 0 Å². The summed E-state index contributed by atoms with van der Waals surface area (Å²) >= 11 is 0. The third kappa shape index (κ3) is 5.30. The molecular weight excluding hydrogens is 336 g/mol. The van der Waals surface area contributed by atoms with Crippen LogP contribution >= 0.6 is 0 Å². The van der Waals surface area contributed by atoms with Gasteiger partial charge in [-0.15, -0.1) is 0 Å². The van der Waals surface area contributed by atoms with Gasteiger partial charge in [0.25, 0.3) is 11.1 Å². The first-order valence-corrected chi connectivity index (χ1v) is 8.08. The summed E-state index contributed by atoms with van der Waals surface area (Å²) < 4.78 is 0. The van der Waals surface area contributed by atoms with Gasteiger partial charge in [0.1, 0.15) is 0 Å².